The molecule has 1 atom stereocenters. The number of hydrogen-bond acceptors (Lipinski definition) is 5. The molecule has 19 heavy (non-hydrogen) atoms. The minimum atomic E-state index is -3.55. The van der Waals surface area contributed by atoms with Crippen LogP contribution < -0.4 is 5.73 Å². The Kier molecular flexibility index (Phi) is 4.24. The molecule has 0 amide bonds. The zero-order valence-corrected chi connectivity index (χ0v) is 12.2. The molecule has 0 spiro atoms. The van der Waals surface area contributed by atoms with Crippen molar-refractivity contribution in [1.82, 2.24) is 19.4 Å². The second-order valence-electron chi connectivity index (χ2n) is 5.01. The van der Waals surface area contributed by atoms with Gasteiger partial charge in [0.05, 0.1) is 6.20 Å². The summed E-state index contributed by atoms with van der Waals surface area (Å²) in [5, 5.41) is 6.45. The van der Waals surface area contributed by atoms with Crippen LogP contribution in [0.15, 0.2) is 11.2 Å². The van der Waals surface area contributed by atoms with Crippen LogP contribution in [0.1, 0.15) is 18.4 Å². The zero-order chi connectivity index (χ0) is 14.0. The van der Waals surface area contributed by atoms with Gasteiger partial charge in [0.1, 0.15) is 0 Å². The number of hydrogen-bond donors (Lipinski definition) is 2. The van der Waals surface area contributed by atoms with E-state index in [2.05, 4.69) is 15.1 Å². The van der Waals surface area contributed by atoms with E-state index in [1.54, 1.807) is 7.05 Å². The molecule has 2 rings (SSSR count). The number of nitrogens with two attached hydrogens (primary N) is 1. The summed E-state index contributed by atoms with van der Waals surface area (Å²) in [4.78, 5) is 2.15. The average Bonchev–Trinajstić information content (AvgIpc) is 2.86. The van der Waals surface area contributed by atoms with Gasteiger partial charge in [-0.1, -0.05) is 0 Å². The highest BCUT2D eigenvalue weighted by molar-refractivity contribution is 7.89. The van der Waals surface area contributed by atoms with E-state index in [-0.39, 0.29) is 17.6 Å². The SMILES string of the molecule is CN1CCCC(N(C)S(=O)(=O)c2[nH]ncc2CN)C1. The molecule has 108 valence electrons. The van der Waals surface area contributed by atoms with Crippen molar-refractivity contribution >= 4 is 10.0 Å². The van der Waals surface area contributed by atoms with Crippen LogP contribution in [0.2, 0.25) is 0 Å². The van der Waals surface area contributed by atoms with Crippen LogP contribution in [0.5, 0.6) is 0 Å². The molecule has 0 saturated carbocycles. The summed E-state index contributed by atoms with van der Waals surface area (Å²) in [5.41, 5.74) is 6.07. The molecule has 1 saturated heterocycles. The number of nitrogens with one attached hydrogen (secondary N) is 1. The van der Waals surface area contributed by atoms with Gasteiger partial charge in [0.2, 0.25) is 0 Å². The summed E-state index contributed by atoms with van der Waals surface area (Å²) < 4.78 is 26.6. The predicted molar refractivity (Wildman–Crippen MR) is 71.9 cm³/mol. The van der Waals surface area contributed by atoms with Gasteiger partial charge in [0.15, 0.2) is 5.03 Å². The number of sulfonamides is 1. The largest absolute Gasteiger partial charge is 0.326 e. The lowest BCUT2D eigenvalue weighted by Gasteiger charge is -2.34. The Bertz CT molecular complexity index is 527. The number of H-pyrrole nitrogens is 1. The van der Waals surface area contributed by atoms with Crippen molar-refractivity contribution in [2.75, 3.05) is 27.2 Å². The topological polar surface area (TPSA) is 95.3 Å². The highest BCUT2D eigenvalue weighted by atomic mass is 32.2. The Labute approximate surface area is 113 Å². The molecule has 0 bridgehead atoms. The van der Waals surface area contributed by atoms with E-state index in [9.17, 15) is 8.42 Å². The Balaban J connectivity index is 2.24. The lowest BCUT2D eigenvalue weighted by molar-refractivity contribution is 0.187. The molecule has 3 N–H and O–H groups in total. The maximum absolute atomic E-state index is 12.6. The molecular weight excluding hydrogens is 266 g/mol. The van der Waals surface area contributed by atoms with Gasteiger partial charge >= 0.3 is 0 Å². The van der Waals surface area contributed by atoms with Crippen molar-refractivity contribution in [1.29, 1.82) is 0 Å². The normalized spacial score (nSPS) is 22.0. The zero-order valence-electron chi connectivity index (χ0n) is 11.3. The fourth-order valence-electron chi connectivity index (χ4n) is 2.44. The van der Waals surface area contributed by atoms with Crippen molar-refractivity contribution in [3.63, 3.8) is 0 Å². The fourth-order valence-corrected chi connectivity index (χ4v) is 3.93. The highest BCUT2D eigenvalue weighted by Crippen LogP contribution is 2.22. The number of likely N-dealkylation sites (tertiary alicyclic amines) is 1. The van der Waals surface area contributed by atoms with Gasteiger partial charge in [0.25, 0.3) is 10.0 Å². The quantitative estimate of drug-likeness (QED) is 0.784. The van der Waals surface area contributed by atoms with Crippen LogP contribution >= 0.6 is 0 Å². The molecule has 0 aromatic carbocycles. The minimum Gasteiger partial charge on any atom is -0.326 e. The smallest absolute Gasteiger partial charge is 0.260 e. The van der Waals surface area contributed by atoms with Crippen molar-refractivity contribution in [3.8, 4) is 0 Å². The third kappa shape index (κ3) is 2.81. The van der Waals surface area contributed by atoms with E-state index in [0.29, 0.717) is 5.56 Å². The van der Waals surface area contributed by atoms with Crippen LogP contribution in [-0.4, -0.2) is 61.0 Å². The summed E-state index contributed by atoms with van der Waals surface area (Å²) in [7, 11) is 0.0805. The van der Waals surface area contributed by atoms with Gasteiger partial charge in [-0.2, -0.15) is 9.40 Å². The minimum absolute atomic E-state index is 0.00215. The molecule has 8 heteroatoms. The van der Waals surface area contributed by atoms with Gasteiger partial charge < -0.3 is 10.6 Å². The first-order chi connectivity index (χ1) is 8.96. The standard InChI is InChI=1S/C11H21N5O2S/c1-15-5-3-4-10(8-15)16(2)19(17,18)11-9(6-12)7-13-14-11/h7,10H,3-6,8,12H2,1-2H3,(H,13,14). The summed E-state index contributed by atoms with van der Waals surface area (Å²) in [6.07, 6.45) is 3.35. The summed E-state index contributed by atoms with van der Waals surface area (Å²) in [6.45, 7) is 1.92. The first-order valence-corrected chi connectivity index (χ1v) is 7.79. The second-order valence-corrected chi connectivity index (χ2v) is 6.94. The number of aromatic nitrogens is 2. The van der Waals surface area contributed by atoms with E-state index in [0.717, 1.165) is 25.9 Å². The highest BCUT2D eigenvalue weighted by Gasteiger charge is 2.32. The van der Waals surface area contributed by atoms with E-state index in [4.69, 9.17) is 5.73 Å². The molecule has 1 aromatic rings. The van der Waals surface area contributed by atoms with Crippen molar-refractivity contribution in [2.24, 2.45) is 5.73 Å². The Morgan fingerprint density at radius 3 is 3.00 bits per heavy atom. The molecule has 1 aliphatic heterocycles. The predicted octanol–water partition coefficient (Wildman–Crippen LogP) is -0.417. The molecule has 2 heterocycles. The Morgan fingerprint density at radius 2 is 2.37 bits per heavy atom. The molecule has 1 aromatic heterocycles. The monoisotopic (exact) mass is 287 g/mol. The van der Waals surface area contributed by atoms with Gasteiger partial charge in [-0.25, -0.2) is 8.42 Å². The third-order valence-corrected chi connectivity index (χ3v) is 5.57. The lowest BCUT2D eigenvalue weighted by Crippen LogP contribution is -2.47. The first kappa shape index (κ1) is 14.4. The van der Waals surface area contributed by atoms with Crippen LogP contribution in [0, 0.1) is 0 Å². The number of aromatic amines is 1. The molecule has 1 unspecified atom stereocenters. The third-order valence-electron chi connectivity index (χ3n) is 3.65. The van der Waals surface area contributed by atoms with Gasteiger partial charge in [-0.15, -0.1) is 0 Å². The summed E-state index contributed by atoms with van der Waals surface area (Å²) >= 11 is 0. The van der Waals surface area contributed by atoms with Gasteiger partial charge in [-0.3, -0.25) is 5.10 Å². The Morgan fingerprint density at radius 1 is 1.63 bits per heavy atom. The Hall–Kier alpha value is -0.960. The molecule has 1 fully saturated rings. The second kappa shape index (κ2) is 5.58. The number of likely N-dealkylation sites (N-methyl/N-ethyl adjacent to an activating group) is 2. The summed E-state index contributed by atoms with van der Waals surface area (Å²) in [6, 6.07) is -0.00215. The van der Waals surface area contributed by atoms with E-state index >= 15 is 0 Å². The number of nitrogens with zero attached hydrogens (tertiary/aromatic N) is 3. The molecule has 0 aliphatic carbocycles. The molecule has 1 aliphatic rings. The molecular formula is C11H21N5O2S. The van der Waals surface area contributed by atoms with E-state index < -0.39 is 10.0 Å². The average molecular weight is 287 g/mol. The maximum Gasteiger partial charge on any atom is 0.260 e. The maximum atomic E-state index is 12.6. The molecule has 7 nitrogen and oxygen atoms in total. The van der Waals surface area contributed by atoms with Crippen molar-refractivity contribution in [3.05, 3.63) is 11.8 Å². The van der Waals surface area contributed by atoms with Crippen molar-refractivity contribution in [2.45, 2.75) is 30.5 Å². The molecule has 0 radical (unpaired) electrons. The van der Waals surface area contributed by atoms with Crippen LogP contribution in [0.3, 0.4) is 0 Å². The summed E-state index contributed by atoms with van der Waals surface area (Å²) in [5.74, 6) is 0. The first-order valence-electron chi connectivity index (χ1n) is 6.35. The van der Waals surface area contributed by atoms with E-state index in [1.165, 1.54) is 10.5 Å². The number of piperidine rings is 1. The number of rotatable bonds is 4. The van der Waals surface area contributed by atoms with Crippen LogP contribution in [0.4, 0.5) is 0 Å². The van der Waals surface area contributed by atoms with Gasteiger partial charge in [-0.05, 0) is 26.4 Å². The van der Waals surface area contributed by atoms with Crippen molar-refractivity contribution < 1.29 is 8.42 Å². The van der Waals surface area contributed by atoms with Gasteiger partial charge in [0, 0.05) is 31.7 Å². The fraction of sp³-hybridized carbons (Fsp3) is 0.727. The van der Waals surface area contributed by atoms with Crippen LogP contribution in [0.25, 0.3) is 0 Å². The lowest BCUT2D eigenvalue weighted by atomic mass is 10.1. The van der Waals surface area contributed by atoms with E-state index in [1.807, 2.05) is 7.05 Å². The van der Waals surface area contributed by atoms with Crippen LogP contribution in [-0.2, 0) is 16.6 Å².